The number of benzene rings is 4. The molecule has 0 fully saturated rings. The Bertz CT molecular complexity index is 1720. The van der Waals surface area contributed by atoms with Gasteiger partial charge in [-0.25, -0.2) is 0 Å². The van der Waals surface area contributed by atoms with Gasteiger partial charge in [-0.15, -0.1) is 0 Å². The normalized spacial score (nSPS) is 16.4. The Morgan fingerprint density at radius 1 is 0.591 bits per heavy atom. The molecule has 0 saturated carbocycles. The number of hydrogen-bond acceptors (Lipinski definition) is 0. The van der Waals surface area contributed by atoms with E-state index >= 15 is 0 Å². The van der Waals surface area contributed by atoms with Gasteiger partial charge in [0, 0.05) is 0 Å². The van der Waals surface area contributed by atoms with Crippen molar-refractivity contribution < 1.29 is 21.3 Å². The summed E-state index contributed by atoms with van der Waals surface area (Å²) < 4.78 is 3.74. The fraction of sp³-hybridized carbons (Fsp3) is 0.326. The molecular weight excluding hydrogens is 608 g/mol. The van der Waals surface area contributed by atoms with E-state index in [1.54, 1.807) is 17.6 Å². The van der Waals surface area contributed by atoms with Crippen molar-refractivity contribution in [3.8, 4) is 11.1 Å². The third kappa shape index (κ3) is 5.78. The summed E-state index contributed by atoms with van der Waals surface area (Å²) in [6.45, 7) is 23.3. The van der Waals surface area contributed by atoms with Crippen LogP contribution in [0.4, 0.5) is 0 Å². The molecule has 4 aromatic carbocycles. The van der Waals surface area contributed by atoms with Crippen molar-refractivity contribution in [2.45, 2.75) is 83.7 Å². The van der Waals surface area contributed by atoms with Gasteiger partial charge in [0.1, 0.15) is 0 Å². The monoisotopic (exact) mass is 654 g/mol. The first-order chi connectivity index (χ1) is 20.7. The fourth-order valence-electron chi connectivity index (χ4n) is 7.11. The first-order valence-corrected chi connectivity index (χ1v) is 20.2. The van der Waals surface area contributed by atoms with E-state index in [-0.39, 0.29) is 10.8 Å². The minimum absolute atomic E-state index is 0.0902. The van der Waals surface area contributed by atoms with Crippen LogP contribution >= 0.6 is 0 Å². The molecule has 44 heavy (non-hydrogen) atoms. The molecule has 0 nitrogen and oxygen atoms in total. The molecule has 6 rings (SSSR count). The third-order valence-electron chi connectivity index (χ3n) is 9.68. The Morgan fingerprint density at radius 3 is 1.39 bits per heavy atom. The molecule has 0 saturated heterocycles. The van der Waals surface area contributed by atoms with E-state index in [9.17, 15) is 0 Å². The Labute approximate surface area is 274 Å². The second-order valence-corrected chi connectivity index (χ2v) is 21.5. The van der Waals surface area contributed by atoms with Crippen molar-refractivity contribution in [2.24, 2.45) is 5.92 Å². The van der Waals surface area contributed by atoms with Crippen LogP contribution in [0.15, 0.2) is 106 Å². The summed E-state index contributed by atoms with van der Waals surface area (Å²) in [5.74, 6) is 0.458. The molecule has 2 aliphatic carbocycles. The molecule has 224 valence electrons. The molecule has 1 atom stereocenters. The third-order valence-corrected chi connectivity index (χ3v) is 18.4. The van der Waals surface area contributed by atoms with Crippen LogP contribution in [0.3, 0.4) is 0 Å². The van der Waals surface area contributed by atoms with Crippen LogP contribution in [0.25, 0.3) is 11.1 Å². The van der Waals surface area contributed by atoms with Crippen molar-refractivity contribution in [2.75, 3.05) is 0 Å². The van der Waals surface area contributed by atoms with Crippen molar-refractivity contribution in [3.05, 3.63) is 150 Å². The van der Waals surface area contributed by atoms with Gasteiger partial charge in [0.05, 0.1) is 0 Å². The quantitative estimate of drug-likeness (QED) is 0.205. The van der Waals surface area contributed by atoms with Gasteiger partial charge in [-0.05, 0) is 0 Å². The molecule has 0 bridgehead atoms. The van der Waals surface area contributed by atoms with Gasteiger partial charge < -0.3 is 0 Å². The summed E-state index contributed by atoms with van der Waals surface area (Å²) >= 11 is -2.81. The van der Waals surface area contributed by atoms with Crippen molar-refractivity contribution in [1.29, 1.82) is 0 Å². The minimum atomic E-state index is -2.81. The molecule has 2 aliphatic rings. The molecule has 0 heterocycles. The zero-order chi connectivity index (χ0) is 31.6. The second-order valence-electron chi connectivity index (χ2n) is 15.4. The topological polar surface area (TPSA) is 0 Å². The van der Waals surface area contributed by atoms with Crippen molar-refractivity contribution in [3.63, 3.8) is 0 Å². The van der Waals surface area contributed by atoms with Crippen LogP contribution in [0, 0.1) is 19.8 Å². The molecule has 0 radical (unpaired) electrons. The van der Waals surface area contributed by atoms with E-state index in [2.05, 4.69) is 166 Å². The number of fused-ring (bicyclic) bond motifs is 3. The average molecular weight is 656 g/mol. The average Bonchev–Trinajstić information content (AvgIpc) is 3.47. The zero-order valence-electron chi connectivity index (χ0n) is 28.4. The van der Waals surface area contributed by atoms with Crippen LogP contribution in [-0.2, 0) is 32.1 Å². The molecule has 0 aromatic heterocycles. The molecule has 4 aromatic rings. The van der Waals surface area contributed by atoms with Crippen LogP contribution in [0.1, 0.15) is 104 Å². The SMILES string of the molecule is CC1=CC(C)[C]([Zr](=[C](c2ccc(C)cc2)c2ccc(C)cc2)[CH]2c3cc(C(C)(C)C)ccc3-c3ccc(C(C)(C)C)cc32)=C1. The number of aryl methyl sites for hydroxylation is 2. The molecule has 0 spiro atoms. The summed E-state index contributed by atoms with van der Waals surface area (Å²) in [5.41, 5.74) is 15.9. The molecule has 1 heteroatoms. The van der Waals surface area contributed by atoms with Crippen LogP contribution in [0.5, 0.6) is 0 Å². The number of rotatable bonds is 4. The molecule has 0 aliphatic heterocycles. The summed E-state index contributed by atoms with van der Waals surface area (Å²) in [7, 11) is 0. The van der Waals surface area contributed by atoms with Crippen LogP contribution < -0.4 is 0 Å². The van der Waals surface area contributed by atoms with Crippen LogP contribution in [0.2, 0.25) is 0 Å². The predicted octanol–water partition coefficient (Wildman–Crippen LogP) is 11.3. The number of hydrogen-bond donors (Lipinski definition) is 0. The Kier molecular flexibility index (Phi) is 8.12. The standard InChI is InChI=1S/C21H25.C15H14.C7H9.Zr/c1-20(2,3)16-7-9-18-14(12-16)11-15-13-17(21(4,5)6)8-10-19(15)18;1-12-3-7-14(8-4-12)11-15-9-5-13(2)6-10-15;1-6-3-4-7(2)5-6;/h7-13H,1-6H3;3-10H,1-2H3;3,5,7H,1-2H3;. The van der Waals surface area contributed by atoms with Gasteiger partial charge >= 0.3 is 276 Å². The van der Waals surface area contributed by atoms with E-state index in [1.165, 1.54) is 50.1 Å². The summed E-state index contributed by atoms with van der Waals surface area (Å²) in [5, 5.41) is 0. The summed E-state index contributed by atoms with van der Waals surface area (Å²) in [4.78, 5) is 0. The molecular formula is C43H48Zr. The van der Waals surface area contributed by atoms with E-state index < -0.39 is 21.3 Å². The summed E-state index contributed by atoms with van der Waals surface area (Å²) in [6, 6.07) is 33.7. The van der Waals surface area contributed by atoms with Gasteiger partial charge in [0.2, 0.25) is 0 Å². The second kappa shape index (κ2) is 11.5. The van der Waals surface area contributed by atoms with E-state index in [0.29, 0.717) is 9.54 Å². The predicted molar refractivity (Wildman–Crippen MR) is 188 cm³/mol. The fourth-order valence-corrected chi connectivity index (χ4v) is 16.8. The van der Waals surface area contributed by atoms with Crippen molar-refractivity contribution >= 4 is 3.21 Å². The van der Waals surface area contributed by atoms with Crippen molar-refractivity contribution in [1.82, 2.24) is 0 Å². The Hall–Kier alpha value is -2.89. The maximum absolute atomic E-state index is 2.81. The zero-order valence-corrected chi connectivity index (χ0v) is 30.9. The van der Waals surface area contributed by atoms with Gasteiger partial charge in [-0.3, -0.25) is 0 Å². The van der Waals surface area contributed by atoms with Gasteiger partial charge in [0.15, 0.2) is 0 Å². The van der Waals surface area contributed by atoms with E-state index in [4.69, 9.17) is 0 Å². The molecule has 0 amide bonds. The first kappa shape index (κ1) is 31.1. The Balaban J connectivity index is 1.77. The van der Waals surface area contributed by atoms with E-state index in [0.717, 1.165) is 0 Å². The maximum atomic E-state index is 2.60. The molecule has 1 unspecified atom stereocenters. The van der Waals surface area contributed by atoms with Gasteiger partial charge in [0.25, 0.3) is 0 Å². The van der Waals surface area contributed by atoms with Gasteiger partial charge in [-0.2, -0.15) is 0 Å². The van der Waals surface area contributed by atoms with Gasteiger partial charge in [-0.1, -0.05) is 0 Å². The number of allylic oxidation sites excluding steroid dienone is 4. The molecule has 0 N–H and O–H groups in total. The first-order valence-electron chi connectivity index (χ1n) is 16.3. The Morgan fingerprint density at radius 2 is 1.02 bits per heavy atom. The van der Waals surface area contributed by atoms with Crippen LogP contribution in [-0.4, -0.2) is 3.21 Å². The van der Waals surface area contributed by atoms with E-state index in [1.807, 2.05) is 0 Å². The summed E-state index contributed by atoms with van der Waals surface area (Å²) in [6.07, 6.45) is 5.09.